The van der Waals surface area contributed by atoms with Crippen molar-refractivity contribution in [1.29, 1.82) is 0 Å². The summed E-state index contributed by atoms with van der Waals surface area (Å²) in [5, 5.41) is 0. The quantitative estimate of drug-likeness (QED) is 0.0638. The molecule has 17 heteroatoms. The maximum Gasteiger partial charge on any atom is 0.550 e. The van der Waals surface area contributed by atoms with Crippen LogP contribution in [0.1, 0.15) is 43.0 Å². The number of sulfone groups is 1. The molecule has 3 heterocycles. The SMILES string of the molecule is [C-]#[N+]C1=C(/C=C/c2cc3sc(/C=C/c4ccc(N(CC)CC)cc4)cc3s2)C(C)(C)O/C1=C(/SOOC(F)(F)F)S(=O)(=O)C(F)(F)F. The van der Waals surface area contributed by atoms with Gasteiger partial charge in [0, 0.05) is 43.5 Å². The highest BCUT2D eigenvalue weighted by Crippen LogP contribution is 2.48. The summed E-state index contributed by atoms with van der Waals surface area (Å²) in [4.78, 5) is 10.2. The zero-order valence-corrected chi connectivity index (χ0v) is 28.3. The predicted octanol–water partition coefficient (Wildman–Crippen LogP) is 10.2. The molecule has 0 radical (unpaired) electrons. The number of benzene rings is 1. The van der Waals surface area contributed by atoms with Crippen LogP contribution in [-0.4, -0.2) is 39.0 Å². The molecular weight excluding hydrogens is 711 g/mol. The zero-order chi connectivity index (χ0) is 34.8. The Hall–Kier alpha value is -3.27. The molecule has 0 amide bonds. The molecule has 1 aromatic carbocycles. The second-order valence-electron chi connectivity index (χ2n) is 10.2. The summed E-state index contributed by atoms with van der Waals surface area (Å²) in [6.07, 6.45) is 1.56. The van der Waals surface area contributed by atoms with E-state index in [4.69, 9.17) is 11.3 Å². The number of hydrogen-bond donors (Lipinski definition) is 0. The molecule has 0 spiro atoms. The average molecular weight is 737 g/mol. The first-order valence-corrected chi connectivity index (χ1v) is 17.5. The van der Waals surface area contributed by atoms with E-state index in [0.717, 1.165) is 43.5 Å². The van der Waals surface area contributed by atoms with Crippen molar-refractivity contribution in [2.75, 3.05) is 18.0 Å². The summed E-state index contributed by atoms with van der Waals surface area (Å²) < 4.78 is 111. The van der Waals surface area contributed by atoms with E-state index >= 15 is 0 Å². The van der Waals surface area contributed by atoms with E-state index in [0.29, 0.717) is 0 Å². The summed E-state index contributed by atoms with van der Waals surface area (Å²) in [6, 6.07) is 12.1. The van der Waals surface area contributed by atoms with Gasteiger partial charge in [-0.3, -0.25) is 0 Å². The van der Waals surface area contributed by atoms with Gasteiger partial charge in [0.25, 0.3) is 9.84 Å². The van der Waals surface area contributed by atoms with Crippen LogP contribution in [0.25, 0.3) is 32.5 Å². The second-order valence-corrected chi connectivity index (χ2v) is 15.3. The highest BCUT2D eigenvalue weighted by atomic mass is 32.3. The van der Waals surface area contributed by atoms with Gasteiger partial charge in [-0.1, -0.05) is 24.3 Å². The van der Waals surface area contributed by atoms with Gasteiger partial charge >= 0.3 is 11.9 Å². The maximum atomic E-state index is 13.5. The Bertz CT molecular complexity index is 1860. The molecule has 0 saturated heterocycles. The molecule has 4 rings (SSSR count). The van der Waals surface area contributed by atoms with Crippen LogP contribution in [0.15, 0.2) is 63.7 Å². The molecule has 0 unspecified atom stereocenters. The summed E-state index contributed by atoms with van der Waals surface area (Å²) in [6.45, 7) is 16.3. The van der Waals surface area contributed by atoms with Crippen LogP contribution < -0.4 is 4.90 Å². The first-order valence-electron chi connectivity index (χ1n) is 13.6. The Kier molecular flexibility index (Phi) is 10.9. The molecule has 0 aliphatic carbocycles. The minimum Gasteiger partial charge on any atom is -0.493 e. The fourth-order valence-corrected chi connectivity index (χ4v) is 8.39. The van der Waals surface area contributed by atoms with Gasteiger partial charge in [0.1, 0.15) is 5.60 Å². The summed E-state index contributed by atoms with van der Waals surface area (Å²) in [5.74, 6) is -1.11. The lowest BCUT2D eigenvalue weighted by atomic mass is 9.97. The Morgan fingerprint density at radius 2 is 1.53 bits per heavy atom. The molecule has 2 aromatic heterocycles. The number of rotatable bonds is 11. The molecule has 0 N–H and O–H groups in total. The molecule has 0 fully saturated rings. The van der Waals surface area contributed by atoms with E-state index in [1.807, 2.05) is 36.4 Å². The lowest BCUT2D eigenvalue weighted by Crippen LogP contribution is -2.26. The van der Waals surface area contributed by atoms with Crippen LogP contribution >= 0.6 is 34.7 Å². The first kappa shape index (κ1) is 36.6. The van der Waals surface area contributed by atoms with E-state index in [9.17, 15) is 34.8 Å². The van der Waals surface area contributed by atoms with Gasteiger partial charge in [-0.15, -0.1) is 45.1 Å². The number of anilines is 1. The number of alkyl halides is 6. The van der Waals surface area contributed by atoms with Gasteiger partial charge < -0.3 is 9.64 Å². The predicted molar refractivity (Wildman–Crippen MR) is 174 cm³/mol. The van der Waals surface area contributed by atoms with E-state index in [-0.39, 0.29) is 5.57 Å². The van der Waals surface area contributed by atoms with E-state index in [2.05, 4.69) is 44.9 Å². The Morgan fingerprint density at radius 1 is 0.979 bits per heavy atom. The fraction of sp³-hybridized carbons (Fsp3) is 0.300. The zero-order valence-electron chi connectivity index (χ0n) is 25.0. The van der Waals surface area contributed by atoms with Gasteiger partial charge in [0.15, 0.2) is 10.00 Å². The van der Waals surface area contributed by atoms with Crippen molar-refractivity contribution < 1.29 is 48.7 Å². The number of nitrogens with zero attached hydrogens (tertiary/aromatic N) is 2. The summed E-state index contributed by atoms with van der Waals surface area (Å²) in [7, 11) is -6.33. The number of fused-ring (bicyclic) bond motifs is 1. The molecule has 3 aromatic rings. The minimum absolute atomic E-state index is 0.00195. The van der Waals surface area contributed by atoms with Crippen LogP contribution in [-0.2, 0) is 23.8 Å². The topological polar surface area (TPSA) is 69.4 Å². The molecule has 1 aliphatic rings. The molecule has 47 heavy (non-hydrogen) atoms. The molecular formula is C30H26F6N2O5S4. The molecule has 252 valence electrons. The standard InChI is InChI=1S/C30H26F6N2O5S4/c1-6-38(7-2)19-11-8-18(9-12-19)10-13-20-16-23-24(44-20)17-21(45-23)14-15-22-25(37-5)26(41-28(22,3)4)27(46-43-42-29(31,32)33)47(39,40)30(34,35)36/h8-17H,6-7H2,1-4H3/b13-10+,15-14+,27-26-. The van der Waals surface area contributed by atoms with E-state index in [1.54, 1.807) is 17.4 Å². The number of ether oxygens (including phenoxy) is 1. The average Bonchev–Trinajstić information content (AvgIpc) is 3.61. The largest absolute Gasteiger partial charge is 0.550 e. The van der Waals surface area contributed by atoms with Crippen molar-refractivity contribution >= 4 is 77.9 Å². The molecule has 0 saturated carbocycles. The first-order chi connectivity index (χ1) is 21.9. The Balaban J connectivity index is 1.61. The lowest BCUT2D eigenvalue weighted by molar-refractivity contribution is -0.439. The van der Waals surface area contributed by atoms with Crippen molar-refractivity contribution in [3.8, 4) is 0 Å². The lowest BCUT2D eigenvalue weighted by Gasteiger charge is -2.22. The van der Waals surface area contributed by atoms with Gasteiger partial charge in [0.05, 0.1) is 18.6 Å². The number of halogens is 6. The van der Waals surface area contributed by atoms with Crippen LogP contribution in [0, 0.1) is 6.57 Å². The Labute approximate surface area is 279 Å². The van der Waals surface area contributed by atoms with Crippen molar-refractivity contribution in [3.05, 3.63) is 90.5 Å². The van der Waals surface area contributed by atoms with Gasteiger partial charge in [-0.05, 0) is 69.7 Å². The smallest absolute Gasteiger partial charge is 0.493 e. The van der Waals surface area contributed by atoms with Crippen molar-refractivity contribution in [1.82, 2.24) is 0 Å². The maximum absolute atomic E-state index is 13.5. The van der Waals surface area contributed by atoms with Crippen molar-refractivity contribution in [2.24, 2.45) is 0 Å². The Morgan fingerprint density at radius 3 is 2.02 bits per heavy atom. The van der Waals surface area contributed by atoms with E-state index < -0.39 is 55.0 Å². The highest BCUT2D eigenvalue weighted by molar-refractivity contribution is 8.16. The summed E-state index contributed by atoms with van der Waals surface area (Å²) >= 11 is 2.08. The molecule has 0 bridgehead atoms. The van der Waals surface area contributed by atoms with Gasteiger partial charge in [0.2, 0.25) is 5.70 Å². The molecule has 0 atom stereocenters. The summed E-state index contributed by atoms with van der Waals surface area (Å²) in [5.41, 5.74) is -5.94. The second kappa shape index (κ2) is 14.1. The molecule has 7 nitrogen and oxygen atoms in total. The highest BCUT2D eigenvalue weighted by Gasteiger charge is 2.53. The normalized spacial score (nSPS) is 16.8. The monoisotopic (exact) mass is 736 g/mol. The number of thiophene rings is 2. The third kappa shape index (κ3) is 8.42. The van der Waals surface area contributed by atoms with Crippen LogP contribution in [0.2, 0.25) is 0 Å². The van der Waals surface area contributed by atoms with Crippen molar-refractivity contribution in [2.45, 2.75) is 45.2 Å². The minimum atomic E-state index is -6.33. The van der Waals surface area contributed by atoms with Crippen LogP contribution in [0.5, 0.6) is 0 Å². The fourth-order valence-electron chi connectivity index (χ4n) is 4.46. The third-order valence-electron chi connectivity index (χ3n) is 6.68. The van der Waals surface area contributed by atoms with Crippen LogP contribution in [0.3, 0.4) is 0 Å². The molecule has 1 aliphatic heterocycles. The van der Waals surface area contributed by atoms with Crippen molar-refractivity contribution in [3.63, 3.8) is 0 Å². The van der Waals surface area contributed by atoms with Gasteiger partial charge in [-0.25, -0.2) is 13.3 Å². The van der Waals surface area contributed by atoms with E-state index in [1.165, 1.54) is 31.3 Å². The van der Waals surface area contributed by atoms with Crippen LogP contribution in [0.4, 0.5) is 32.0 Å². The number of hydrogen-bond acceptors (Lipinski definition) is 9. The van der Waals surface area contributed by atoms with Gasteiger partial charge in [-0.2, -0.15) is 13.2 Å². The third-order valence-corrected chi connectivity index (χ3v) is 11.5.